The van der Waals surface area contributed by atoms with Gasteiger partial charge in [0.2, 0.25) is 0 Å². The average molecular weight is 473 g/mol. The van der Waals surface area contributed by atoms with Crippen LogP contribution in [0.1, 0.15) is 29.2 Å². The number of nitrogens with zero attached hydrogens (tertiary/aromatic N) is 6. The first kappa shape index (κ1) is 23.8. The SMILES string of the molecule is Cc1n[nH]c(C)c1N=Nc1ccccc1OCCCOc1ccccc1N=Nc1c(C)n[nH]c1C. The van der Waals surface area contributed by atoms with Crippen LogP contribution in [0.5, 0.6) is 11.5 Å². The zero-order chi connectivity index (χ0) is 24.6. The number of aromatic nitrogens is 4. The molecule has 4 rings (SSSR count). The summed E-state index contributed by atoms with van der Waals surface area (Å²) in [7, 11) is 0. The third-order valence-corrected chi connectivity index (χ3v) is 5.23. The fraction of sp³-hybridized carbons (Fsp3) is 0.280. The van der Waals surface area contributed by atoms with Crippen molar-refractivity contribution < 1.29 is 9.47 Å². The maximum absolute atomic E-state index is 5.95. The van der Waals surface area contributed by atoms with Crippen LogP contribution in [0.4, 0.5) is 22.7 Å². The highest BCUT2D eigenvalue weighted by molar-refractivity contribution is 5.53. The van der Waals surface area contributed by atoms with Gasteiger partial charge in [-0.25, -0.2) is 0 Å². The molecular weight excluding hydrogens is 444 g/mol. The van der Waals surface area contributed by atoms with Gasteiger partial charge in [0.1, 0.15) is 34.2 Å². The first-order valence-corrected chi connectivity index (χ1v) is 11.3. The fourth-order valence-corrected chi connectivity index (χ4v) is 3.34. The molecule has 0 aliphatic carbocycles. The predicted octanol–water partition coefficient (Wildman–Crippen LogP) is 7.05. The Bertz CT molecular complexity index is 1200. The van der Waals surface area contributed by atoms with E-state index in [0.29, 0.717) is 42.5 Å². The van der Waals surface area contributed by atoms with Gasteiger partial charge in [-0.15, -0.1) is 20.5 Å². The molecule has 2 heterocycles. The molecule has 2 aromatic heterocycles. The van der Waals surface area contributed by atoms with Crippen molar-refractivity contribution in [2.24, 2.45) is 20.5 Å². The topological polar surface area (TPSA) is 125 Å². The van der Waals surface area contributed by atoms with Crippen molar-refractivity contribution in [3.63, 3.8) is 0 Å². The largest absolute Gasteiger partial charge is 0.491 e. The zero-order valence-corrected chi connectivity index (χ0v) is 20.2. The maximum atomic E-state index is 5.95. The molecule has 0 spiro atoms. The number of aryl methyl sites for hydroxylation is 4. The second-order valence-corrected chi connectivity index (χ2v) is 7.95. The molecule has 10 heteroatoms. The Labute approximate surface area is 203 Å². The Morgan fingerprint density at radius 1 is 0.629 bits per heavy atom. The lowest BCUT2D eigenvalue weighted by atomic mass is 10.3. The van der Waals surface area contributed by atoms with E-state index in [2.05, 4.69) is 40.9 Å². The second kappa shape index (κ2) is 11.2. The minimum atomic E-state index is 0.466. The minimum absolute atomic E-state index is 0.466. The lowest BCUT2D eigenvalue weighted by Gasteiger charge is -2.10. The van der Waals surface area contributed by atoms with Crippen molar-refractivity contribution in [3.8, 4) is 11.5 Å². The van der Waals surface area contributed by atoms with Crippen molar-refractivity contribution >= 4 is 22.7 Å². The number of ether oxygens (including phenoxy) is 2. The molecule has 180 valence electrons. The van der Waals surface area contributed by atoms with Gasteiger partial charge in [0, 0.05) is 6.42 Å². The number of hydrogen-bond acceptors (Lipinski definition) is 8. The summed E-state index contributed by atoms with van der Waals surface area (Å²) < 4.78 is 11.9. The number of nitrogens with one attached hydrogen (secondary N) is 2. The molecule has 0 bridgehead atoms. The summed E-state index contributed by atoms with van der Waals surface area (Å²) in [6, 6.07) is 15.1. The molecule has 0 radical (unpaired) electrons. The van der Waals surface area contributed by atoms with Crippen LogP contribution < -0.4 is 9.47 Å². The van der Waals surface area contributed by atoms with Gasteiger partial charge in [-0.1, -0.05) is 24.3 Å². The van der Waals surface area contributed by atoms with Crippen LogP contribution in [-0.2, 0) is 0 Å². The molecule has 10 nitrogen and oxygen atoms in total. The molecule has 0 fully saturated rings. The van der Waals surface area contributed by atoms with Gasteiger partial charge >= 0.3 is 0 Å². The van der Waals surface area contributed by atoms with E-state index in [1.165, 1.54) is 0 Å². The average Bonchev–Trinajstić information content (AvgIpc) is 3.36. The Morgan fingerprint density at radius 3 is 1.46 bits per heavy atom. The summed E-state index contributed by atoms with van der Waals surface area (Å²) in [5, 5.41) is 31.5. The normalized spacial score (nSPS) is 11.5. The molecule has 0 amide bonds. The first-order chi connectivity index (χ1) is 17.0. The van der Waals surface area contributed by atoms with Crippen LogP contribution in [0.25, 0.3) is 0 Å². The highest BCUT2D eigenvalue weighted by Gasteiger charge is 2.08. The summed E-state index contributed by atoms with van der Waals surface area (Å²) in [5.74, 6) is 1.32. The van der Waals surface area contributed by atoms with Crippen molar-refractivity contribution in [3.05, 3.63) is 71.3 Å². The summed E-state index contributed by atoms with van der Waals surface area (Å²) in [5.41, 5.74) is 6.14. The van der Waals surface area contributed by atoms with Crippen LogP contribution in [0.2, 0.25) is 0 Å². The number of benzene rings is 2. The highest BCUT2D eigenvalue weighted by Crippen LogP contribution is 2.32. The van der Waals surface area contributed by atoms with E-state index in [0.717, 1.165) is 34.2 Å². The van der Waals surface area contributed by atoms with Crippen LogP contribution in [0.15, 0.2) is 69.0 Å². The van der Waals surface area contributed by atoms with Gasteiger partial charge in [-0.2, -0.15) is 10.2 Å². The van der Waals surface area contributed by atoms with E-state index in [1.54, 1.807) is 0 Å². The third-order valence-electron chi connectivity index (χ3n) is 5.23. The number of hydrogen-bond donors (Lipinski definition) is 2. The highest BCUT2D eigenvalue weighted by atomic mass is 16.5. The minimum Gasteiger partial charge on any atom is -0.491 e. The Balaban J connectivity index is 1.32. The molecular formula is C25H28N8O2. The smallest absolute Gasteiger partial charge is 0.146 e. The molecule has 0 unspecified atom stereocenters. The first-order valence-electron chi connectivity index (χ1n) is 11.3. The molecule has 0 aliphatic rings. The van der Waals surface area contributed by atoms with Gasteiger partial charge in [0.25, 0.3) is 0 Å². The number of para-hydroxylation sites is 2. The van der Waals surface area contributed by atoms with Gasteiger partial charge in [0.15, 0.2) is 0 Å². The van der Waals surface area contributed by atoms with E-state index in [1.807, 2.05) is 76.2 Å². The quantitative estimate of drug-likeness (QED) is 0.189. The number of azo groups is 2. The van der Waals surface area contributed by atoms with Crippen LogP contribution in [-0.4, -0.2) is 33.6 Å². The summed E-state index contributed by atoms with van der Waals surface area (Å²) >= 11 is 0. The Hall–Kier alpha value is -4.34. The van der Waals surface area contributed by atoms with Gasteiger partial charge in [-0.3, -0.25) is 10.2 Å². The van der Waals surface area contributed by atoms with Gasteiger partial charge < -0.3 is 9.47 Å². The van der Waals surface area contributed by atoms with Crippen LogP contribution in [0.3, 0.4) is 0 Å². The van der Waals surface area contributed by atoms with E-state index in [9.17, 15) is 0 Å². The number of rotatable bonds is 10. The third kappa shape index (κ3) is 5.97. The fourth-order valence-electron chi connectivity index (χ4n) is 3.34. The van der Waals surface area contributed by atoms with E-state index < -0.39 is 0 Å². The van der Waals surface area contributed by atoms with Gasteiger partial charge in [0.05, 0.1) is 36.0 Å². The van der Waals surface area contributed by atoms with E-state index in [4.69, 9.17) is 9.47 Å². The lowest BCUT2D eigenvalue weighted by Crippen LogP contribution is -2.05. The second-order valence-electron chi connectivity index (χ2n) is 7.95. The Morgan fingerprint density at radius 2 is 1.06 bits per heavy atom. The maximum Gasteiger partial charge on any atom is 0.146 e. The van der Waals surface area contributed by atoms with Crippen molar-refractivity contribution in [1.29, 1.82) is 0 Å². The molecule has 0 saturated carbocycles. The molecule has 0 aliphatic heterocycles. The molecule has 35 heavy (non-hydrogen) atoms. The predicted molar refractivity (Wildman–Crippen MR) is 133 cm³/mol. The molecule has 0 atom stereocenters. The van der Waals surface area contributed by atoms with Crippen LogP contribution >= 0.6 is 0 Å². The van der Waals surface area contributed by atoms with E-state index in [-0.39, 0.29) is 0 Å². The van der Waals surface area contributed by atoms with Crippen molar-refractivity contribution in [2.75, 3.05) is 13.2 Å². The monoisotopic (exact) mass is 472 g/mol. The summed E-state index contributed by atoms with van der Waals surface area (Å²) in [6.07, 6.45) is 0.677. The number of H-pyrrole nitrogens is 2. The molecule has 0 saturated heterocycles. The Kier molecular flexibility index (Phi) is 7.61. The lowest BCUT2D eigenvalue weighted by molar-refractivity contribution is 0.248. The summed E-state index contributed by atoms with van der Waals surface area (Å²) in [4.78, 5) is 0. The zero-order valence-electron chi connectivity index (χ0n) is 20.2. The van der Waals surface area contributed by atoms with Crippen molar-refractivity contribution in [1.82, 2.24) is 20.4 Å². The van der Waals surface area contributed by atoms with E-state index >= 15 is 0 Å². The van der Waals surface area contributed by atoms with Crippen molar-refractivity contribution in [2.45, 2.75) is 34.1 Å². The number of aromatic amines is 2. The molecule has 2 aromatic carbocycles. The summed E-state index contributed by atoms with van der Waals surface area (Å²) in [6.45, 7) is 8.53. The molecule has 2 N–H and O–H groups in total. The molecule has 4 aromatic rings. The van der Waals surface area contributed by atoms with Crippen LogP contribution in [0, 0.1) is 27.7 Å². The standard InChI is InChI=1S/C25H28N8O2/c1-16-24(17(2)27-26-16)32-30-20-10-5-7-12-22(20)34-14-9-15-35-23-13-8-6-11-21(23)31-33-25-18(3)28-29-19(25)4/h5-8,10-13H,9,14-15H2,1-4H3,(H,26,27)(H,28,29). The van der Waals surface area contributed by atoms with Gasteiger partial charge in [-0.05, 0) is 52.0 Å².